The first kappa shape index (κ1) is 22.8. The second-order valence-electron chi connectivity index (χ2n) is 8.08. The molecule has 1 atom stereocenters. The highest BCUT2D eigenvalue weighted by atomic mass is 19.4. The van der Waals surface area contributed by atoms with E-state index in [-0.39, 0.29) is 35.4 Å². The van der Waals surface area contributed by atoms with E-state index in [2.05, 4.69) is 10.1 Å². The molecule has 2 heterocycles. The minimum Gasteiger partial charge on any atom is -0.478 e. The van der Waals surface area contributed by atoms with Crippen molar-refractivity contribution in [1.29, 1.82) is 0 Å². The fourth-order valence-corrected chi connectivity index (χ4v) is 4.07. The third-order valence-corrected chi connectivity index (χ3v) is 5.76. The van der Waals surface area contributed by atoms with Gasteiger partial charge in [-0.25, -0.2) is 9.18 Å². The number of hydrogen-bond donors (Lipinski definition) is 1. The number of halogens is 4. The van der Waals surface area contributed by atoms with E-state index >= 15 is 0 Å². The lowest BCUT2D eigenvalue weighted by Crippen LogP contribution is -2.38. The molecule has 6 nitrogen and oxygen atoms in total. The third-order valence-electron chi connectivity index (χ3n) is 5.76. The summed E-state index contributed by atoms with van der Waals surface area (Å²) < 4.78 is 60.7. The summed E-state index contributed by atoms with van der Waals surface area (Å²) in [6, 6.07) is 7.57. The van der Waals surface area contributed by atoms with Crippen LogP contribution in [0.25, 0.3) is 11.5 Å². The molecule has 4 rings (SSSR count). The van der Waals surface area contributed by atoms with Gasteiger partial charge in [0.05, 0.1) is 11.1 Å². The molecule has 1 saturated heterocycles. The Morgan fingerprint density at radius 3 is 2.67 bits per heavy atom. The number of alkyl halides is 3. The quantitative estimate of drug-likeness (QED) is 0.499. The summed E-state index contributed by atoms with van der Waals surface area (Å²) in [4.78, 5) is 16.9. The SMILES string of the molecule is CC1CCCCN1c1ccc(-c2nc(Cc3ccc(C(=O)O)c(F)c3)no2)cc1C(F)(F)F. The maximum absolute atomic E-state index is 13.9. The van der Waals surface area contributed by atoms with Gasteiger partial charge in [-0.2, -0.15) is 18.2 Å². The third kappa shape index (κ3) is 4.84. The number of benzene rings is 2. The Hall–Kier alpha value is -3.43. The van der Waals surface area contributed by atoms with Crippen molar-refractivity contribution < 1.29 is 32.0 Å². The molecule has 1 aromatic heterocycles. The van der Waals surface area contributed by atoms with Crippen LogP contribution in [-0.2, 0) is 12.6 Å². The standard InChI is InChI=1S/C23H21F4N3O3/c1-13-4-2-3-9-30(13)19-8-6-15(12-17(19)23(25,26)27)21-28-20(29-33-21)11-14-5-7-16(22(31)32)18(24)10-14/h5-8,10,12-13H,2-4,9,11H2,1H3,(H,31,32). The topological polar surface area (TPSA) is 79.5 Å². The van der Waals surface area contributed by atoms with Crippen LogP contribution < -0.4 is 4.90 Å². The fraction of sp³-hybridized carbons (Fsp3) is 0.348. The summed E-state index contributed by atoms with van der Waals surface area (Å²) in [5.74, 6) is -2.24. The Labute approximate surface area is 186 Å². The van der Waals surface area contributed by atoms with Gasteiger partial charge in [-0.3, -0.25) is 0 Å². The van der Waals surface area contributed by atoms with E-state index in [1.807, 2.05) is 6.92 Å². The van der Waals surface area contributed by atoms with Crippen LogP contribution in [0.15, 0.2) is 40.9 Å². The molecule has 1 aliphatic heterocycles. The number of carboxylic acids is 1. The molecule has 0 saturated carbocycles. The zero-order valence-corrected chi connectivity index (χ0v) is 17.7. The van der Waals surface area contributed by atoms with Gasteiger partial charge in [0.2, 0.25) is 0 Å². The summed E-state index contributed by atoms with van der Waals surface area (Å²) in [5.41, 5.74) is -0.570. The van der Waals surface area contributed by atoms with Crippen molar-refractivity contribution in [3.05, 3.63) is 64.7 Å². The van der Waals surface area contributed by atoms with Gasteiger partial charge in [-0.1, -0.05) is 11.2 Å². The highest BCUT2D eigenvalue weighted by Gasteiger charge is 2.37. The van der Waals surface area contributed by atoms with Crippen LogP contribution in [0.5, 0.6) is 0 Å². The highest BCUT2D eigenvalue weighted by Crippen LogP contribution is 2.40. The van der Waals surface area contributed by atoms with Gasteiger partial charge in [0.25, 0.3) is 5.89 Å². The molecular weight excluding hydrogens is 442 g/mol. The molecule has 0 bridgehead atoms. The Bertz CT molecular complexity index is 1180. The second-order valence-corrected chi connectivity index (χ2v) is 8.08. The maximum atomic E-state index is 13.9. The molecule has 33 heavy (non-hydrogen) atoms. The van der Waals surface area contributed by atoms with Crippen LogP contribution >= 0.6 is 0 Å². The van der Waals surface area contributed by atoms with Crippen LogP contribution in [0.1, 0.15) is 53.5 Å². The van der Waals surface area contributed by atoms with Gasteiger partial charge in [-0.15, -0.1) is 0 Å². The van der Waals surface area contributed by atoms with Gasteiger partial charge in [-0.05, 0) is 62.1 Å². The molecule has 3 aromatic rings. The Kier molecular flexibility index (Phi) is 6.09. The second kappa shape index (κ2) is 8.84. The molecule has 1 N–H and O–H groups in total. The van der Waals surface area contributed by atoms with Crippen LogP contribution in [0.4, 0.5) is 23.2 Å². The number of hydrogen-bond acceptors (Lipinski definition) is 5. The van der Waals surface area contributed by atoms with Crippen molar-refractivity contribution >= 4 is 11.7 Å². The predicted octanol–water partition coefficient (Wildman–Crippen LogP) is 5.56. The minimum atomic E-state index is -4.56. The molecule has 0 amide bonds. The number of nitrogens with zero attached hydrogens (tertiary/aromatic N) is 3. The smallest absolute Gasteiger partial charge is 0.418 e. The number of aromatic carboxylic acids is 1. The lowest BCUT2D eigenvalue weighted by Gasteiger charge is -2.37. The van der Waals surface area contributed by atoms with E-state index in [9.17, 15) is 22.4 Å². The summed E-state index contributed by atoms with van der Waals surface area (Å²) in [6.07, 6.45) is -1.88. The predicted molar refractivity (Wildman–Crippen MR) is 112 cm³/mol. The number of aromatic nitrogens is 2. The van der Waals surface area contributed by atoms with E-state index in [4.69, 9.17) is 9.63 Å². The highest BCUT2D eigenvalue weighted by molar-refractivity contribution is 5.87. The minimum absolute atomic E-state index is 0.00798. The summed E-state index contributed by atoms with van der Waals surface area (Å²) >= 11 is 0. The van der Waals surface area contributed by atoms with E-state index in [1.54, 1.807) is 4.90 Å². The molecule has 0 radical (unpaired) electrons. The van der Waals surface area contributed by atoms with Crippen LogP contribution in [0.3, 0.4) is 0 Å². The molecule has 10 heteroatoms. The van der Waals surface area contributed by atoms with Crippen molar-refractivity contribution in [3.63, 3.8) is 0 Å². The lowest BCUT2D eigenvalue weighted by molar-refractivity contribution is -0.137. The largest absolute Gasteiger partial charge is 0.478 e. The molecule has 1 fully saturated rings. The van der Waals surface area contributed by atoms with E-state index in [0.717, 1.165) is 37.5 Å². The van der Waals surface area contributed by atoms with Gasteiger partial charge >= 0.3 is 12.1 Å². The normalized spacial score (nSPS) is 16.8. The van der Waals surface area contributed by atoms with Crippen molar-refractivity contribution in [2.24, 2.45) is 0 Å². The first-order chi connectivity index (χ1) is 15.6. The van der Waals surface area contributed by atoms with E-state index in [0.29, 0.717) is 12.1 Å². The molecule has 0 spiro atoms. The van der Waals surface area contributed by atoms with Gasteiger partial charge in [0, 0.05) is 30.3 Å². The summed E-state index contributed by atoms with van der Waals surface area (Å²) in [5, 5.41) is 12.7. The van der Waals surface area contributed by atoms with Crippen LogP contribution in [0.2, 0.25) is 0 Å². The number of piperidine rings is 1. The zero-order chi connectivity index (χ0) is 23.8. The van der Waals surface area contributed by atoms with Crippen molar-refractivity contribution in [1.82, 2.24) is 10.1 Å². The van der Waals surface area contributed by atoms with Crippen molar-refractivity contribution in [2.45, 2.75) is 44.8 Å². The number of carboxylic acid groups (broad SMARTS) is 1. The van der Waals surface area contributed by atoms with Gasteiger partial charge in [0.1, 0.15) is 5.82 Å². The molecule has 0 aliphatic carbocycles. The molecule has 174 valence electrons. The average molecular weight is 463 g/mol. The lowest BCUT2D eigenvalue weighted by atomic mass is 9.99. The number of carbonyl (C=O) groups is 1. The molecule has 2 aromatic carbocycles. The Morgan fingerprint density at radius 2 is 2.00 bits per heavy atom. The average Bonchev–Trinajstić information content (AvgIpc) is 3.21. The van der Waals surface area contributed by atoms with Gasteiger partial charge < -0.3 is 14.5 Å². The van der Waals surface area contributed by atoms with Gasteiger partial charge in [0.15, 0.2) is 5.82 Å². The van der Waals surface area contributed by atoms with E-state index in [1.165, 1.54) is 18.2 Å². The monoisotopic (exact) mass is 463 g/mol. The van der Waals surface area contributed by atoms with Crippen molar-refractivity contribution in [3.8, 4) is 11.5 Å². The maximum Gasteiger partial charge on any atom is 0.418 e. The van der Waals surface area contributed by atoms with E-state index < -0.39 is 29.1 Å². The Morgan fingerprint density at radius 1 is 1.21 bits per heavy atom. The first-order valence-electron chi connectivity index (χ1n) is 10.5. The molecule has 1 unspecified atom stereocenters. The molecule has 1 aliphatic rings. The zero-order valence-electron chi connectivity index (χ0n) is 17.7. The summed E-state index contributed by atoms with van der Waals surface area (Å²) in [6.45, 7) is 2.48. The van der Waals surface area contributed by atoms with Crippen LogP contribution in [-0.4, -0.2) is 33.8 Å². The molecular formula is C23H21F4N3O3. The van der Waals surface area contributed by atoms with Crippen molar-refractivity contribution in [2.75, 3.05) is 11.4 Å². The summed E-state index contributed by atoms with van der Waals surface area (Å²) in [7, 11) is 0. The van der Waals surface area contributed by atoms with Crippen LogP contribution in [0, 0.1) is 5.82 Å². The Balaban J connectivity index is 1.61. The number of anilines is 1. The number of rotatable bonds is 5. The first-order valence-corrected chi connectivity index (χ1v) is 10.5. The fourth-order valence-electron chi connectivity index (χ4n) is 4.07.